The van der Waals surface area contributed by atoms with Gasteiger partial charge in [-0.05, 0) is 54.3 Å². The van der Waals surface area contributed by atoms with Crippen molar-refractivity contribution in [1.29, 1.82) is 0 Å². The fraction of sp³-hybridized carbons (Fsp3) is 0.345. The smallest absolute Gasteiger partial charge is 0.224 e. The van der Waals surface area contributed by atoms with Gasteiger partial charge in [-0.1, -0.05) is 36.4 Å². The van der Waals surface area contributed by atoms with E-state index in [-0.39, 0.29) is 30.7 Å². The second kappa shape index (κ2) is 13.6. The van der Waals surface area contributed by atoms with Crippen molar-refractivity contribution in [2.24, 2.45) is 0 Å². The molecule has 0 aromatic heterocycles. The Bertz CT molecular complexity index is 1160. The molecule has 0 unspecified atom stereocenters. The topological polar surface area (TPSA) is 120 Å². The Morgan fingerprint density at radius 2 is 1.65 bits per heavy atom. The summed E-state index contributed by atoms with van der Waals surface area (Å²) in [5, 5.41) is 35.8. The molecule has 0 fully saturated rings. The molecule has 5 N–H and O–H groups in total. The van der Waals surface area contributed by atoms with Crippen LogP contribution in [0.3, 0.4) is 0 Å². The molecule has 0 bridgehead atoms. The minimum Gasteiger partial charge on any atom is -0.508 e. The van der Waals surface area contributed by atoms with E-state index in [0.29, 0.717) is 35.7 Å². The molecular weight excluding hydrogens is 472 g/mol. The second-order valence-corrected chi connectivity index (χ2v) is 8.99. The summed E-state index contributed by atoms with van der Waals surface area (Å²) in [6, 6.07) is 18.2. The van der Waals surface area contributed by atoms with Crippen LogP contribution in [0.15, 0.2) is 60.7 Å². The Labute approximate surface area is 217 Å². The van der Waals surface area contributed by atoms with E-state index >= 15 is 0 Å². The SMILES string of the molecule is COc1cccc(OC)c1CNC(=O)Cc1cccc(C[C@@H](C)NC[C@H](O)c2ccc(O)c(CO)c2)c1. The van der Waals surface area contributed by atoms with Crippen LogP contribution < -0.4 is 20.1 Å². The van der Waals surface area contributed by atoms with Crippen molar-refractivity contribution in [2.75, 3.05) is 20.8 Å². The second-order valence-electron chi connectivity index (χ2n) is 8.99. The van der Waals surface area contributed by atoms with E-state index in [1.54, 1.807) is 26.4 Å². The third-order valence-corrected chi connectivity index (χ3v) is 6.21. The first-order valence-electron chi connectivity index (χ1n) is 12.2. The molecular formula is C29H36N2O6. The number of rotatable bonds is 13. The normalized spacial score (nSPS) is 12.6. The van der Waals surface area contributed by atoms with Gasteiger partial charge in [0, 0.05) is 18.2 Å². The van der Waals surface area contributed by atoms with E-state index < -0.39 is 6.10 Å². The van der Waals surface area contributed by atoms with Crippen LogP contribution in [0.4, 0.5) is 0 Å². The monoisotopic (exact) mass is 508 g/mol. The molecule has 1 amide bonds. The first-order chi connectivity index (χ1) is 17.8. The van der Waals surface area contributed by atoms with Gasteiger partial charge in [0.25, 0.3) is 0 Å². The van der Waals surface area contributed by atoms with Crippen LogP contribution in [0.2, 0.25) is 0 Å². The predicted molar refractivity (Wildman–Crippen MR) is 142 cm³/mol. The van der Waals surface area contributed by atoms with Crippen molar-refractivity contribution < 1.29 is 29.6 Å². The van der Waals surface area contributed by atoms with Gasteiger partial charge in [0.15, 0.2) is 0 Å². The van der Waals surface area contributed by atoms with Crippen LogP contribution in [0.25, 0.3) is 0 Å². The molecule has 2 atom stereocenters. The molecule has 0 aliphatic heterocycles. The lowest BCUT2D eigenvalue weighted by molar-refractivity contribution is -0.120. The molecule has 3 aromatic rings. The van der Waals surface area contributed by atoms with Gasteiger partial charge in [0.05, 0.1) is 45.5 Å². The van der Waals surface area contributed by atoms with Crippen LogP contribution >= 0.6 is 0 Å². The van der Waals surface area contributed by atoms with Gasteiger partial charge in [0.2, 0.25) is 5.91 Å². The molecule has 3 aromatic carbocycles. The number of phenols is 1. The number of aliphatic hydroxyl groups excluding tert-OH is 2. The Balaban J connectivity index is 1.51. The molecule has 3 rings (SSSR count). The zero-order valence-corrected chi connectivity index (χ0v) is 21.5. The standard InChI is InChI=1S/C29H36N2O6/c1-19(30-17-26(34)22-10-11-25(33)23(15-22)18-32)12-20-6-4-7-21(13-20)14-29(35)31-16-24-27(36-2)8-5-9-28(24)37-3/h4-11,13,15,19,26,30,32-34H,12,14,16-18H2,1-3H3,(H,31,35)/t19-,26+/m1/s1. The Morgan fingerprint density at radius 1 is 0.973 bits per heavy atom. The maximum absolute atomic E-state index is 12.6. The van der Waals surface area contributed by atoms with Crippen molar-refractivity contribution >= 4 is 5.91 Å². The predicted octanol–water partition coefficient (Wildman–Crippen LogP) is 3.01. The van der Waals surface area contributed by atoms with Crippen molar-refractivity contribution in [3.8, 4) is 17.2 Å². The highest BCUT2D eigenvalue weighted by Gasteiger charge is 2.14. The number of hydrogen-bond acceptors (Lipinski definition) is 7. The lowest BCUT2D eigenvalue weighted by atomic mass is 10.0. The number of carbonyl (C=O) groups excluding carboxylic acids is 1. The van der Waals surface area contributed by atoms with E-state index in [2.05, 4.69) is 10.6 Å². The summed E-state index contributed by atoms with van der Waals surface area (Å²) in [6.07, 6.45) is 0.197. The molecule has 37 heavy (non-hydrogen) atoms. The van der Waals surface area contributed by atoms with Crippen LogP contribution in [0, 0.1) is 0 Å². The van der Waals surface area contributed by atoms with Gasteiger partial charge in [-0.25, -0.2) is 0 Å². The van der Waals surface area contributed by atoms with Crippen molar-refractivity contribution in [3.05, 3.63) is 88.5 Å². The maximum Gasteiger partial charge on any atom is 0.224 e. The van der Waals surface area contributed by atoms with Crippen molar-refractivity contribution in [2.45, 2.75) is 45.1 Å². The number of carbonyl (C=O) groups is 1. The molecule has 8 heteroatoms. The fourth-order valence-electron chi connectivity index (χ4n) is 4.20. The number of aromatic hydroxyl groups is 1. The third kappa shape index (κ3) is 7.95. The average Bonchev–Trinajstić information content (AvgIpc) is 2.90. The average molecular weight is 509 g/mol. The molecule has 0 aliphatic carbocycles. The Hall–Kier alpha value is -3.59. The van der Waals surface area contributed by atoms with Gasteiger partial charge in [-0.3, -0.25) is 4.79 Å². The van der Waals surface area contributed by atoms with Crippen LogP contribution in [-0.2, 0) is 30.8 Å². The molecule has 0 saturated carbocycles. The quantitative estimate of drug-likeness (QED) is 0.241. The van der Waals surface area contributed by atoms with Gasteiger partial charge < -0.3 is 35.4 Å². The minimum atomic E-state index is -0.773. The lowest BCUT2D eigenvalue weighted by Crippen LogP contribution is -2.32. The molecule has 0 radical (unpaired) electrons. The van der Waals surface area contributed by atoms with Gasteiger partial charge in [0.1, 0.15) is 17.2 Å². The highest BCUT2D eigenvalue weighted by Crippen LogP contribution is 2.28. The summed E-state index contributed by atoms with van der Waals surface area (Å²) in [5.74, 6) is 1.23. The summed E-state index contributed by atoms with van der Waals surface area (Å²) < 4.78 is 10.8. The maximum atomic E-state index is 12.6. The molecule has 0 spiro atoms. The van der Waals surface area contributed by atoms with Crippen LogP contribution in [0.5, 0.6) is 17.2 Å². The highest BCUT2D eigenvalue weighted by atomic mass is 16.5. The number of methoxy groups -OCH3 is 2. The number of aliphatic hydroxyl groups is 2. The van der Waals surface area contributed by atoms with Gasteiger partial charge in [-0.2, -0.15) is 0 Å². The number of benzene rings is 3. The number of nitrogens with one attached hydrogen (secondary N) is 2. The molecule has 0 aliphatic rings. The summed E-state index contributed by atoms with van der Waals surface area (Å²) in [7, 11) is 3.17. The Morgan fingerprint density at radius 3 is 2.32 bits per heavy atom. The van der Waals surface area contributed by atoms with E-state index in [1.807, 2.05) is 49.4 Å². The third-order valence-electron chi connectivity index (χ3n) is 6.21. The molecule has 8 nitrogen and oxygen atoms in total. The van der Waals surface area contributed by atoms with Crippen molar-refractivity contribution in [3.63, 3.8) is 0 Å². The summed E-state index contributed by atoms with van der Waals surface area (Å²) in [4.78, 5) is 12.6. The zero-order chi connectivity index (χ0) is 26.8. The van der Waals surface area contributed by atoms with E-state index in [9.17, 15) is 20.1 Å². The molecule has 198 valence electrons. The lowest BCUT2D eigenvalue weighted by Gasteiger charge is -2.18. The number of ether oxygens (including phenoxy) is 2. The number of amides is 1. The van der Waals surface area contributed by atoms with Gasteiger partial charge in [-0.15, -0.1) is 0 Å². The summed E-state index contributed by atoms with van der Waals surface area (Å²) in [6.45, 7) is 2.36. The largest absolute Gasteiger partial charge is 0.508 e. The minimum absolute atomic E-state index is 0.00728. The van der Waals surface area contributed by atoms with Crippen LogP contribution in [0.1, 0.15) is 40.8 Å². The van der Waals surface area contributed by atoms with E-state index in [4.69, 9.17) is 9.47 Å². The fourth-order valence-corrected chi connectivity index (χ4v) is 4.20. The summed E-state index contributed by atoms with van der Waals surface area (Å²) in [5.41, 5.74) is 3.79. The van der Waals surface area contributed by atoms with Crippen molar-refractivity contribution in [1.82, 2.24) is 10.6 Å². The van der Waals surface area contributed by atoms with Gasteiger partial charge >= 0.3 is 0 Å². The first kappa shape index (κ1) is 28.0. The van der Waals surface area contributed by atoms with E-state index in [0.717, 1.165) is 23.1 Å². The summed E-state index contributed by atoms with van der Waals surface area (Å²) >= 11 is 0. The van der Waals surface area contributed by atoms with E-state index in [1.165, 1.54) is 6.07 Å². The highest BCUT2D eigenvalue weighted by molar-refractivity contribution is 5.78. The zero-order valence-electron chi connectivity index (χ0n) is 21.5. The number of hydrogen-bond donors (Lipinski definition) is 5. The first-order valence-corrected chi connectivity index (χ1v) is 12.2. The van der Waals surface area contributed by atoms with Crippen LogP contribution in [-0.4, -0.2) is 48.0 Å². The molecule has 0 heterocycles. The molecule has 0 saturated heterocycles. The Kier molecular flexibility index (Phi) is 10.3.